The fourth-order valence-electron chi connectivity index (χ4n) is 3.28. The zero-order valence-corrected chi connectivity index (χ0v) is 16.3. The first kappa shape index (κ1) is 17.4. The average molecular weight is 426 g/mol. The summed E-state index contributed by atoms with van der Waals surface area (Å²) < 4.78 is 5.28. The van der Waals surface area contributed by atoms with E-state index in [0.29, 0.717) is 16.6 Å². The molecule has 0 atom stereocenters. The van der Waals surface area contributed by atoms with Crippen molar-refractivity contribution in [1.82, 2.24) is 13.7 Å². The predicted octanol–water partition coefficient (Wildman–Crippen LogP) is 3.16. The lowest BCUT2D eigenvalue weighted by Crippen LogP contribution is -2.36. The number of aromatic hydroxyl groups is 1. The molecule has 7 heteroatoms. The van der Waals surface area contributed by atoms with Crippen molar-refractivity contribution in [3.05, 3.63) is 80.0 Å². The van der Waals surface area contributed by atoms with Crippen LogP contribution in [-0.4, -0.2) is 18.8 Å². The quantitative estimate of drug-likeness (QED) is 0.536. The number of phenolic OH excluding ortho intramolecular Hbond substituents is 1. The van der Waals surface area contributed by atoms with Crippen molar-refractivity contribution in [2.45, 2.75) is 0 Å². The number of fused-ring (bicyclic) bond motifs is 1. The Morgan fingerprint density at radius 2 is 1.59 bits per heavy atom. The van der Waals surface area contributed by atoms with Gasteiger partial charge in [0.2, 0.25) is 0 Å². The minimum atomic E-state index is -0.381. The molecule has 2 heterocycles. The second-order valence-corrected chi connectivity index (χ2v) is 7.16. The van der Waals surface area contributed by atoms with E-state index >= 15 is 0 Å². The molecule has 6 nitrogen and oxygen atoms in total. The molecule has 1 N–H and O–H groups in total. The van der Waals surface area contributed by atoms with Crippen LogP contribution in [0.3, 0.4) is 0 Å². The Kier molecular flexibility index (Phi) is 4.04. The van der Waals surface area contributed by atoms with Gasteiger partial charge in [0.25, 0.3) is 5.56 Å². The Labute approximate surface area is 162 Å². The summed E-state index contributed by atoms with van der Waals surface area (Å²) in [5.41, 5.74) is 2.09. The highest BCUT2D eigenvalue weighted by Crippen LogP contribution is 2.35. The molecule has 136 valence electrons. The van der Waals surface area contributed by atoms with Gasteiger partial charge in [0.05, 0.1) is 16.6 Å². The lowest BCUT2D eigenvalue weighted by Gasteiger charge is -2.11. The molecule has 27 heavy (non-hydrogen) atoms. The first-order chi connectivity index (χ1) is 12.9. The zero-order chi connectivity index (χ0) is 19.3. The molecule has 0 spiro atoms. The second kappa shape index (κ2) is 6.28. The number of halogens is 1. The van der Waals surface area contributed by atoms with Crippen LogP contribution in [0.5, 0.6) is 5.75 Å². The van der Waals surface area contributed by atoms with Crippen LogP contribution in [0.1, 0.15) is 0 Å². The van der Waals surface area contributed by atoms with Gasteiger partial charge in [-0.15, -0.1) is 0 Å². The maximum atomic E-state index is 13.0. The molecule has 2 aromatic heterocycles. The van der Waals surface area contributed by atoms with Gasteiger partial charge in [0.15, 0.2) is 0 Å². The molecule has 0 saturated carbocycles. The van der Waals surface area contributed by atoms with Crippen molar-refractivity contribution in [2.24, 2.45) is 14.1 Å². The molecule has 0 unspecified atom stereocenters. The normalized spacial score (nSPS) is 11.2. The Bertz CT molecular complexity index is 1300. The third kappa shape index (κ3) is 2.62. The number of hydrogen-bond donors (Lipinski definition) is 1. The monoisotopic (exact) mass is 425 g/mol. The lowest BCUT2D eigenvalue weighted by molar-refractivity contribution is 0.475. The molecule has 2 aromatic carbocycles. The highest BCUT2D eigenvalue weighted by molar-refractivity contribution is 9.10. The summed E-state index contributed by atoms with van der Waals surface area (Å²) in [5.74, 6) is 0.154. The van der Waals surface area contributed by atoms with Crippen LogP contribution >= 0.6 is 15.9 Å². The SMILES string of the molecule is Cn1c(=O)c2c(-c3ccccc3Br)n(-c3ccc(O)cc3)cc2n(C)c1=O. The van der Waals surface area contributed by atoms with Crippen LogP contribution in [-0.2, 0) is 14.1 Å². The number of rotatable bonds is 2. The fourth-order valence-corrected chi connectivity index (χ4v) is 3.75. The molecule has 0 aliphatic heterocycles. The van der Waals surface area contributed by atoms with Crippen molar-refractivity contribution < 1.29 is 5.11 Å². The van der Waals surface area contributed by atoms with Crippen molar-refractivity contribution >= 4 is 26.8 Å². The Morgan fingerprint density at radius 1 is 0.926 bits per heavy atom. The van der Waals surface area contributed by atoms with Gasteiger partial charge in [-0.1, -0.05) is 34.1 Å². The zero-order valence-electron chi connectivity index (χ0n) is 14.7. The van der Waals surface area contributed by atoms with Gasteiger partial charge in [0.1, 0.15) is 5.75 Å². The van der Waals surface area contributed by atoms with E-state index in [1.54, 1.807) is 37.5 Å². The molecule has 0 fully saturated rings. The van der Waals surface area contributed by atoms with Crippen LogP contribution in [0.25, 0.3) is 27.8 Å². The van der Waals surface area contributed by atoms with E-state index in [1.165, 1.54) is 11.6 Å². The van der Waals surface area contributed by atoms with Gasteiger partial charge in [-0.25, -0.2) is 4.79 Å². The van der Waals surface area contributed by atoms with E-state index in [-0.39, 0.29) is 17.0 Å². The van der Waals surface area contributed by atoms with E-state index in [0.717, 1.165) is 20.3 Å². The Morgan fingerprint density at radius 3 is 2.26 bits per heavy atom. The van der Waals surface area contributed by atoms with Crippen LogP contribution in [0, 0.1) is 0 Å². The minimum Gasteiger partial charge on any atom is -0.508 e. The Hall–Kier alpha value is -3.06. The number of aromatic nitrogens is 3. The number of phenols is 1. The van der Waals surface area contributed by atoms with Crippen LogP contribution in [0.2, 0.25) is 0 Å². The molecular formula is C20H16BrN3O3. The minimum absolute atomic E-state index is 0.154. The number of aryl methyl sites for hydroxylation is 1. The van der Waals surface area contributed by atoms with Gasteiger partial charge in [-0.05, 0) is 30.3 Å². The number of hydrogen-bond acceptors (Lipinski definition) is 3. The van der Waals surface area contributed by atoms with Gasteiger partial charge in [0, 0.05) is 36.0 Å². The lowest BCUT2D eigenvalue weighted by atomic mass is 10.1. The van der Waals surface area contributed by atoms with Gasteiger partial charge in [-0.2, -0.15) is 0 Å². The molecule has 0 aliphatic rings. The van der Waals surface area contributed by atoms with Gasteiger partial charge in [-0.3, -0.25) is 13.9 Å². The summed E-state index contributed by atoms with van der Waals surface area (Å²) in [6, 6.07) is 14.3. The van der Waals surface area contributed by atoms with E-state index < -0.39 is 0 Å². The maximum absolute atomic E-state index is 13.0. The Balaban J connectivity index is 2.23. The number of benzene rings is 2. The van der Waals surface area contributed by atoms with E-state index in [2.05, 4.69) is 15.9 Å². The van der Waals surface area contributed by atoms with Gasteiger partial charge < -0.3 is 9.67 Å². The van der Waals surface area contributed by atoms with Crippen LogP contribution in [0.4, 0.5) is 0 Å². The average Bonchev–Trinajstić information content (AvgIpc) is 3.06. The van der Waals surface area contributed by atoms with Gasteiger partial charge >= 0.3 is 5.69 Å². The molecular weight excluding hydrogens is 410 g/mol. The second-order valence-electron chi connectivity index (χ2n) is 6.31. The molecule has 0 bridgehead atoms. The van der Waals surface area contributed by atoms with Crippen molar-refractivity contribution in [3.8, 4) is 22.7 Å². The number of nitrogens with zero attached hydrogens (tertiary/aromatic N) is 3. The first-order valence-corrected chi connectivity index (χ1v) is 9.05. The van der Waals surface area contributed by atoms with E-state index in [4.69, 9.17) is 0 Å². The summed E-state index contributed by atoms with van der Waals surface area (Å²) in [6.45, 7) is 0. The predicted molar refractivity (Wildman–Crippen MR) is 109 cm³/mol. The molecule has 0 aliphatic carbocycles. The smallest absolute Gasteiger partial charge is 0.330 e. The van der Waals surface area contributed by atoms with Crippen LogP contribution < -0.4 is 11.2 Å². The third-order valence-electron chi connectivity index (χ3n) is 4.70. The first-order valence-electron chi connectivity index (χ1n) is 8.25. The molecule has 0 amide bonds. The van der Waals surface area contributed by atoms with Crippen LogP contribution in [0.15, 0.2) is 68.8 Å². The molecule has 0 radical (unpaired) electrons. The van der Waals surface area contributed by atoms with Crippen molar-refractivity contribution in [2.75, 3.05) is 0 Å². The third-order valence-corrected chi connectivity index (χ3v) is 5.39. The summed E-state index contributed by atoms with van der Waals surface area (Å²) in [5, 5.41) is 10.1. The van der Waals surface area contributed by atoms with E-state index in [9.17, 15) is 14.7 Å². The molecule has 4 rings (SSSR count). The highest BCUT2D eigenvalue weighted by Gasteiger charge is 2.21. The summed E-state index contributed by atoms with van der Waals surface area (Å²) in [7, 11) is 3.13. The fraction of sp³-hybridized carbons (Fsp3) is 0.100. The highest BCUT2D eigenvalue weighted by atomic mass is 79.9. The van der Waals surface area contributed by atoms with E-state index in [1.807, 2.05) is 28.8 Å². The summed E-state index contributed by atoms with van der Waals surface area (Å²) in [4.78, 5) is 25.4. The standard InChI is InChI=1S/C20H16BrN3O3/c1-22-16-11-24(12-7-9-13(25)10-8-12)18(14-5-3-4-6-15(14)21)17(16)19(26)23(2)20(22)27/h3-11,25H,1-2H3. The molecule has 4 aromatic rings. The summed E-state index contributed by atoms with van der Waals surface area (Å²) in [6.07, 6.45) is 1.78. The molecule has 0 saturated heterocycles. The topological polar surface area (TPSA) is 69.2 Å². The van der Waals surface area contributed by atoms with Crippen molar-refractivity contribution in [1.29, 1.82) is 0 Å². The largest absolute Gasteiger partial charge is 0.508 e. The summed E-state index contributed by atoms with van der Waals surface area (Å²) >= 11 is 3.57. The van der Waals surface area contributed by atoms with Crippen molar-refractivity contribution in [3.63, 3.8) is 0 Å². The maximum Gasteiger partial charge on any atom is 0.330 e.